The molecule has 1 atom stereocenters. The van der Waals surface area contributed by atoms with Crippen LogP contribution in [0.25, 0.3) is 5.70 Å². The largest absolute Gasteiger partial charge is 0.355 e. The molecule has 3 heteroatoms. The Labute approximate surface area is 196 Å². The number of aliphatic imine (C=N–C) groups is 1. The number of anilines is 1. The van der Waals surface area contributed by atoms with Crippen LogP contribution in [-0.4, -0.2) is 10.8 Å². The van der Waals surface area contributed by atoms with Gasteiger partial charge in [-0.1, -0.05) is 94.4 Å². The number of rotatable bonds is 7. The van der Waals surface area contributed by atoms with Gasteiger partial charge in [0.15, 0.2) is 0 Å². The summed E-state index contributed by atoms with van der Waals surface area (Å²) in [6, 6.07) is 27.8. The zero-order chi connectivity index (χ0) is 22.5. The molecule has 2 nitrogen and oxygen atoms in total. The molecule has 0 aromatic heterocycles. The van der Waals surface area contributed by atoms with Crippen molar-refractivity contribution in [1.29, 1.82) is 0 Å². The molecule has 164 valence electrons. The second-order valence-electron chi connectivity index (χ2n) is 8.87. The average Bonchev–Trinajstić information content (AvgIpc) is 3.27. The summed E-state index contributed by atoms with van der Waals surface area (Å²) in [7, 11) is 0. The fraction of sp³-hybridized carbons (Fsp3) is 0.276. The summed E-state index contributed by atoms with van der Waals surface area (Å²) in [4.78, 5) is 5.21. The summed E-state index contributed by atoms with van der Waals surface area (Å²) < 4.78 is 0. The number of para-hydroxylation sites is 1. The van der Waals surface area contributed by atoms with Crippen molar-refractivity contribution in [2.75, 3.05) is 11.1 Å². The van der Waals surface area contributed by atoms with E-state index in [0.717, 1.165) is 27.7 Å². The van der Waals surface area contributed by atoms with Crippen molar-refractivity contribution in [3.63, 3.8) is 0 Å². The van der Waals surface area contributed by atoms with Crippen molar-refractivity contribution in [2.45, 2.75) is 45.6 Å². The molecule has 0 saturated heterocycles. The Morgan fingerprint density at radius 1 is 0.844 bits per heavy atom. The van der Waals surface area contributed by atoms with Crippen molar-refractivity contribution < 1.29 is 0 Å². The topological polar surface area (TPSA) is 24.4 Å². The maximum Gasteiger partial charge on any atom is 0.0934 e. The minimum Gasteiger partial charge on any atom is -0.355 e. The fourth-order valence-electron chi connectivity index (χ4n) is 4.22. The van der Waals surface area contributed by atoms with Crippen LogP contribution in [0.2, 0.25) is 0 Å². The molecule has 32 heavy (non-hydrogen) atoms. The van der Waals surface area contributed by atoms with E-state index in [1.54, 1.807) is 0 Å². The van der Waals surface area contributed by atoms with Gasteiger partial charge in [-0.05, 0) is 52.3 Å². The molecule has 0 spiro atoms. The van der Waals surface area contributed by atoms with Crippen molar-refractivity contribution >= 4 is 28.2 Å². The molecule has 0 amide bonds. The van der Waals surface area contributed by atoms with Crippen molar-refractivity contribution in [2.24, 2.45) is 4.99 Å². The summed E-state index contributed by atoms with van der Waals surface area (Å²) >= 11 is 1.85. The quantitative estimate of drug-likeness (QED) is 0.400. The normalized spacial score (nSPS) is 16.5. The van der Waals surface area contributed by atoms with Gasteiger partial charge in [-0.25, -0.2) is 0 Å². The summed E-state index contributed by atoms with van der Waals surface area (Å²) in [6.07, 6.45) is 2.21. The number of nitrogens with zero attached hydrogens (tertiary/aromatic N) is 1. The van der Waals surface area contributed by atoms with Crippen LogP contribution in [0.5, 0.6) is 0 Å². The Morgan fingerprint density at radius 3 is 2.03 bits per heavy atom. The van der Waals surface area contributed by atoms with Gasteiger partial charge in [0.1, 0.15) is 0 Å². The lowest BCUT2D eigenvalue weighted by atomic mass is 9.85. The highest BCUT2D eigenvalue weighted by Crippen LogP contribution is 2.39. The minimum atomic E-state index is 0.205. The zero-order valence-electron chi connectivity index (χ0n) is 19.4. The summed E-state index contributed by atoms with van der Waals surface area (Å²) in [5.41, 5.74) is 7.61. The van der Waals surface area contributed by atoms with E-state index in [1.807, 2.05) is 17.8 Å². The smallest absolute Gasteiger partial charge is 0.0934 e. The first-order valence-corrected chi connectivity index (χ1v) is 12.4. The predicted octanol–water partition coefficient (Wildman–Crippen LogP) is 8.27. The van der Waals surface area contributed by atoms with Crippen LogP contribution >= 0.6 is 11.8 Å². The van der Waals surface area contributed by atoms with Gasteiger partial charge >= 0.3 is 0 Å². The highest BCUT2D eigenvalue weighted by Gasteiger charge is 2.26. The van der Waals surface area contributed by atoms with Crippen LogP contribution in [0, 0.1) is 0 Å². The minimum absolute atomic E-state index is 0.205. The van der Waals surface area contributed by atoms with Crippen LogP contribution in [-0.2, 0) is 0 Å². The molecule has 3 aromatic carbocycles. The Hall–Kier alpha value is -2.78. The van der Waals surface area contributed by atoms with Gasteiger partial charge in [-0.15, -0.1) is 11.8 Å². The van der Waals surface area contributed by atoms with Crippen LogP contribution in [0.1, 0.15) is 67.8 Å². The third kappa shape index (κ3) is 5.16. The van der Waals surface area contributed by atoms with Gasteiger partial charge in [0.25, 0.3) is 0 Å². The monoisotopic (exact) mass is 440 g/mol. The van der Waals surface area contributed by atoms with Gasteiger partial charge in [-0.2, -0.15) is 0 Å². The van der Waals surface area contributed by atoms with E-state index in [-0.39, 0.29) is 6.04 Å². The van der Waals surface area contributed by atoms with E-state index in [1.165, 1.54) is 16.7 Å². The molecular formula is C29H32N2S. The Bertz CT molecular complexity index is 1070. The Kier molecular flexibility index (Phi) is 7.16. The van der Waals surface area contributed by atoms with Gasteiger partial charge in [0.05, 0.1) is 11.1 Å². The number of nitrogens with one attached hydrogen (secondary N) is 1. The van der Waals surface area contributed by atoms with Gasteiger partial charge in [-0.3, -0.25) is 4.99 Å². The second-order valence-corrected chi connectivity index (χ2v) is 9.91. The number of hydrogen-bond donors (Lipinski definition) is 1. The molecule has 1 unspecified atom stereocenters. The van der Waals surface area contributed by atoms with Crippen LogP contribution in [0.3, 0.4) is 0 Å². The lowest BCUT2D eigenvalue weighted by Gasteiger charge is -2.22. The Balaban J connectivity index is 1.71. The van der Waals surface area contributed by atoms with Crippen LogP contribution in [0.4, 0.5) is 5.69 Å². The van der Waals surface area contributed by atoms with E-state index in [2.05, 4.69) is 112 Å². The molecule has 1 aliphatic heterocycles. The van der Waals surface area contributed by atoms with Crippen LogP contribution < -0.4 is 5.32 Å². The maximum atomic E-state index is 5.21. The van der Waals surface area contributed by atoms with E-state index in [4.69, 9.17) is 4.99 Å². The van der Waals surface area contributed by atoms with Gasteiger partial charge in [0, 0.05) is 17.1 Å². The van der Waals surface area contributed by atoms with Gasteiger partial charge in [0.2, 0.25) is 0 Å². The third-order valence-corrected chi connectivity index (χ3v) is 6.83. The number of hydrogen-bond acceptors (Lipinski definition) is 3. The molecule has 0 saturated carbocycles. The predicted molar refractivity (Wildman–Crippen MR) is 142 cm³/mol. The number of benzene rings is 3. The van der Waals surface area contributed by atoms with E-state index in [0.29, 0.717) is 11.8 Å². The first-order valence-electron chi connectivity index (χ1n) is 11.5. The van der Waals surface area contributed by atoms with E-state index in [9.17, 15) is 0 Å². The molecule has 1 aliphatic rings. The van der Waals surface area contributed by atoms with Crippen molar-refractivity contribution in [3.8, 4) is 0 Å². The summed E-state index contributed by atoms with van der Waals surface area (Å²) in [6.45, 7) is 9.14. The van der Waals surface area contributed by atoms with Crippen molar-refractivity contribution in [3.05, 3.63) is 107 Å². The van der Waals surface area contributed by atoms with E-state index >= 15 is 0 Å². The van der Waals surface area contributed by atoms with Gasteiger partial charge < -0.3 is 5.32 Å². The zero-order valence-corrected chi connectivity index (χ0v) is 20.2. The average molecular weight is 441 g/mol. The molecular weight excluding hydrogens is 408 g/mol. The Morgan fingerprint density at radius 2 is 1.44 bits per heavy atom. The standard InChI is InChI=1S/C29H32N2S/c1-20(2)24-16-11-17-25(21(3)4)29(24)27-19-32-28(31-27)18-26(22-12-7-5-8-13-22)30-23-14-9-6-10-15-23/h5-18,20-21,27,30H,19H2,1-4H3. The molecule has 1 N–H and O–H groups in total. The lowest BCUT2D eigenvalue weighted by Crippen LogP contribution is -2.08. The molecule has 3 aromatic rings. The first-order chi connectivity index (χ1) is 15.5. The summed E-state index contributed by atoms with van der Waals surface area (Å²) in [5.74, 6) is 1.97. The lowest BCUT2D eigenvalue weighted by molar-refractivity contribution is 0.743. The second kappa shape index (κ2) is 10.2. The molecule has 0 bridgehead atoms. The molecule has 4 rings (SSSR count). The highest BCUT2D eigenvalue weighted by molar-refractivity contribution is 8.14. The SMILES string of the molecule is CC(C)c1cccc(C(C)C)c1C1CSC(C=C(Nc2ccccc2)c2ccccc2)=N1. The van der Waals surface area contributed by atoms with E-state index < -0.39 is 0 Å². The molecule has 0 aliphatic carbocycles. The van der Waals surface area contributed by atoms with Crippen molar-refractivity contribution in [1.82, 2.24) is 0 Å². The third-order valence-electron chi connectivity index (χ3n) is 5.83. The maximum absolute atomic E-state index is 5.21. The summed E-state index contributed by atoms with van der Waals surface area (Å²) in [5, 5.41) is 4.69. The van der Waals surface area contributed by atoms with Crippen LogP contribution in [0.15, 0.2) is 89.9 Å². The molecule has 0 fully saturated rings. The first kappa shape index (κ1) is 22.4. The highest BCUT2D eigenvalue weighted by atomic mass is 32.2. The number of thioether (sulfide) groups is 1. The fourth-order valence-corrected chi connectivity index (χ4v) is 5.20. The molecule has 0 radical (unpaired) electrons. The molecule has 1 heterocycles.